The molecule has 4 rings (SSSR count). The maximum atomic E-state index is 10.6. The smallest absolute Gasteiger partial charge is 0.320 e. The topological polar surface area (TPSA) is 94.9 Å². The van der Waals surface area contributed by atoms with Crippen LogP contribution in [0.5, 0.6) is 0 Å². The highest BCUT2D eigenvalue weighted by atomic mass is 16.4. The van der Waals surface area contributed by atoms with E-state index >= 15 is 0 Å². The Balaban J connectivity index is 0.000000159. The van der Waals surface area contributed by atoms with Crippen LogP contribution in [0.25, 0.3) is 21.8 Å². The lowest BCUT2D eigenvalue weighted by Crippen LogP contribution is -2.32. The average molecular weight is 321 g/mol. The van der Waals surface area contributed by atoms with Crippen molar-refractivity contribution in [3.8, 4) is 0 Å². The van der Waals surface area contributed by atoms with E-state index in [1.165, 1.54) is 10.9 Å². The van der Waals surface area contributed by atoms with E-state index in [4.69, 9.17) is 10.8 Å². The summed E-state index contributed by atoms with van der Waals surface area (Å²) in [4.78, 5) is 16.8. The molecular formula is C19H19N3O2. The number of para-hydroxylation sites is 2. The van der Waals surface area contributed by atoms with Gasteiger partial charge in [0.15, 0.2) is 0 Å². The summed E-state index contributed by atoms with van der Waals surface area (Å²) in [5.74, 6) is -0.972. The summed E-state index contributed by atoms with van der Waals surface area (Å²) in [5.41, 5.74) is 8.64. The highest BCUT2D eigenvalue weighted by Gasteiger charge is 2.14. The quantitative estimate of drug-likeness (QED) is 0.466. The minimum atomic E-state index is -0.972. The Hall–Kier alpha value is -3.05. The van der Waals surface area contributed by atoms with Crippen LogP contribution in [0.1, 0.15) is 5.56 Å². The Morgan fingerprint density at radius 1 is 1.00 bits per heavy atom. The number of aromatic nitrogens is 2. The molecule has 0 saturated carbocycles. The van der Waals surface area contributed by atoms with E-state index in [0.29, 0.717) is 6.42 Å². The van der Waals surface area contributed by atoms with Gasteiger partial charge in [-0.25, -0.2) is 0 Å². The van der Waals surface area contributed by atoms with Gasteiger partial charge in [-0.15, -0.1) is 0 Å². The lowest BCUT2D eigenvalue weighted by molar-refractivity contribution is -0.138. The molecule has 2 aromatic carbocycles. The van der Waals surface area contributed by atoms with Crippen molar-refractivity contribution in [3.63, 3.8) is 0 Å². The van der Waals surface area contributed by atoms with E-state index in [1.54, 1.807) is 0 Å². The van der Waals surface area contributed by atoms with Crippen molar-refractivity contribution < 1.29 is 9.90 Å². The van der Waals surface area contributed by atoms with E-state index in [1.807, 2.05) is 48.8 Å². The molecule has 1 unspecified atom stereocenters. The third kappa shape index (κ3) is 3.47. The van der Waals surface area contributed by atoms with Crippen molar-refractivity contribution in [1.82, 2.24) is 9.97 Å². The molecule has 2 aromatic heterocycles. The molecular weight excluding hydrogens is 302 g/mol. The second-order valence-electron chi connectivity index (χ2n) is 5.57. The lowest BCUT2D eigenvalue weighted by atomic mass is 10.1. The Morgan fingerprint density at radius 2 is 1.71 bits per heavy atom. The first-order chi connectivity index (χ1) is 11.6. The zero-order valence-corrected chi connectivity index (χ0v) is 13.1. The van der Waals surface area contributed by atoms with Crippen LogP contribution >= 0.6 is 0 Å². The molecule has 5 nitrogen and oxygen atoms in total. The zero-order valence-electron chi connectivity index (χ0n) is 13.1. The number of carbonyl (C=O) groups is 1. The number of carboxylic acid groups (broad SMARTS) is 1. The summed E-state index contributed by atoms with van der Waals surface area (Å²) in [5, 5.41) is 11.0. The summed E-state index contributed by atoms with van der Waals surface area (Å²) in [6.07, 6.45) is 4.11. The van der Waals surface area contributed by atoms with Crippen LogP contribution in [0.15, 0.2) is 67.0 Å². The third-order valence-corrected chi connectivity index (χ3v) is 3.89. The normalized spacial score (nSPS) is 11.9. The number of benzene rings is 2. The molecule has 1 atom stereocenters. The van der Waals surface area contributed by atoms with Gasteiger partial charge < -0.3 is 20.8 Å². The fraction of sp³-hybridized carbons (Fsp3) is 0.105. The van der Waals surface area contributed by atoms with Crippen molar-refractivity contribution in [1.29, 1.82) is 0 Å². The summed E-state index contributed by atoms with van der Waals surface area (Å²) in [6.45, 7) is 0. The van der Waals surface area contributed by atoms with E-state index < -0.39 is 12.0 Å². The molecule has 0 radical (unpaired) electrons. The van der Waals surface area contributed by atoms with E-state index in [9.17, 15) is 4.79 Å². The van der Waals surface area contributed by atoms with Gasteiger partial charge in [-0.05, 0) is 29.1 Å². The van der Waals surface area contributed by atoms with E-state index in [2.05, 4.69) is 28.2 Å². The molecule has 24 heavy (non-hydrogen) atoms. The number of aromatic amines is 2. The Kier molecular flexibility index (Phi) is 4.63. The van der Waals surface area contributed by atoms with Crippen LogP contribution in [-0.2, 0) is 11.2 Å². The molecule has 0 aliphatic carbocycles. The molecule has 0 aliphatic rings. The van der Waals surface area contributed by atoms with Crippen molar-refractivity contribution in [3.05, 3.63) is 72.6 Å². The monoisotopic (exact) mass is 321 g/mol. The minimum absolute atomic E-state index is 0.347. The number of fused-ring (bicyclic) bond motifs is 2. The van der Waals surface area contributed by atoms with Gasteiger partial charge in [0.05, 0.1) is 0 Å². The van der Waals surface area contributed by atoms with Gasteiger partial charge in [0.2, 0.25) is 0 Å². The Labute approximate surface area is 139 Å². The molecule has 0 amide bonds. The van der Waals surface area contributed by atoms with Gasteiger partial charge in [-0.3, -0.25) is 4.79 Å². The lowest BCUT2D eigenvalue weighted by Gasteiger charge is -2.04. The van der Waals surface area contributed by atoms with Crippen LogP contribution in [0.4, 0.5) is 0 Å². The zero-order chi connectivity index (χ0) is 16.9. The number of hydrogen-bond acceptors (Lipinski definition) is 2. The molecule has 5 N–H and O–H groups in total. The van der Waals surface area contributed by atoms with Gasteiger partial charge in [0.1, 0.15) is 6.04 Å². The van der Waals surface area contributed by atoms with Crippen molar-refractivity contribution in [2.75, 3.05) is 0 Å². The molecule has 0 fully saturated rings. The SMILES string of the molecule is NC(Cc1c[nH]c2ccccc12)C(=O)O.c1ccc2[nH]ccc2c1. The number of nitrogens with one attached hydrogen (secondary N) is 2. The fourth-order valence-corrected chi connectivity index (χ4v) is 2.62. The standard InChI is InChI=1S/C11H12N2O2.C8H7N/c12-9(11(14)15)5-7-6-13-10-4-2-1-3-8(7)10;1-2-4-8-7(3-1)5-6-9-8/h1-4,6,9,13H,5,12H2,(H,14,15);1-6,9H. The van der Waals surface area contributed by atoms with E-state index in [-0.39, 0.29) is 0 Å². The van der Waals surface area contributed by atoms with Crippen molar-refractivity contribution in [2.45, 2.75) is 12.5 Å². The maximum Gasteiger partial charge on any atom is 0.320 e. The van der Waals surface area contributed by atoms with Crippen molar-refractivity contribution >= 4 is 27.8 Å². The van der Waals surface area contributed by atoms with Crippen LogP contribution in [0.2, 0.25) is 0 Å². The van der Waals surface area contributed by atoms with Crippen LogP contribution in [0.3, 0.4) is 0 Å². The number of nitrogens with two attached hydrogens (primary N) is 1. The van der Waals surface area contributed by atoms with Crippen LogP contribution in [0, 0.1) is 0 Å². The highest BCUT2D eigenvalue weighted by molar-refractivity contribution is 5.84. The van der Waals surface area contributed by atoms with Gasteiger partial charge in [-0.2, -0.15) is 0 Å². The second kappa shape index (κ2) is 7.02. The Bertz CT molecular complexity index is 925. The number of hydrogen-bond donors (Lipinski definition) is 4. The number of H-pyrrole nitrogens is 2. The van der Waals surface area contributed by atoms with E-state index in [0.717, 1.165) is 16.5 Å². The van der Waals surface area contributed by atoms with Gasteiger partial charge in [-0.1, -0.05) is 36.4 Å². The van der Waals surface area contributed by atoms with Crippen LogP contribution < -0.4 is 5.73 Å². The summed E-state index contributed by atoms with van der Waals surface area (Å²) < 4.78 is 0. The number of aliphatic carboxylic acids is 1. The highest BCUT2D eigenvalue weighted by Crippen LogP contribution is 2.18. The molecule has 0 aliphatic heterocycles. The fourth-order valence-electron chi connectivity index (χ4n) is 2.62. The molecule has 5 heteroatoms. The molecule has 0 saturated heterocycles. The predicted octanol–water partition coefficient (Wildman–Crippen LogP) is 3.29. The molecule has 0 bridgehead atoms. The summed E-state index contributed by atoms with van der Waals surface area (Å²) in [6, 6.07) is 17.2. The predicted molar refractivity (Wildman–Crippen MR) is 95.9 cm³/mol. The largest absolute Gasteiger partial charge is 0.480 e. The first kappa shape index (κ1) is 15.8. The van der Waals surface area contributed by atoms with Gasteiger partial charge in [0, 0.05) is 35.2 Å². The van der Waals surface area contributed by atoms with Gasteiger partial charge >= 0.3 is 5.97 Å². The first-order valence-electron chi connectivity index (χ1n) is 7.70. The number of rotatable bonds is 3. The maximum absolute atomic E-state index is 10.6. The molecule has 4 aromatic rings. The second-order valence-corrected chi connectivity index (χ2v) is 5.57. The summed E-state index contributed by atoms with van der Waals surface area (Å²) in [7, 11) is 0. The molecule has 2 heterocycles. The minimum Gasteiger partial charge on any atom is -0.480 e. The number of carboxylic acids is 1. The molecule has 122 valence electrons. The third-order valence-electron chi connectivity index (χ3n) is 3.89. The van der Waals surface area contributed by atoms with Crippen molar-refractivity contribution in [2.24, 2.45) is 5.73 Å². The summed E-state index contributed by atoms with van der Waals surface area (Å²) >= 11 is 0. The molecule has 0 spiro atoms. The van der Waals surface area contributed by atoms with Gasteiger partial charge in [0.25, 0.3) is 0 Å². The first-order valence-corrected chi connectivity index (χ1v) is 7.70. The Morgan fingerprint density at radius 3 is 2.46 bits per heavy atom. The van der Waals surface area contributed by atoms with Crippen LogP contribution in [-0.4, -0.2) is 27.1 Å². The average Bonchev–Trinajstić information content (AvgIpc) is 3.22.